The first-order chi connectivity index (χ1) is 13.9. The molecule has 1 unspecified atom stereocenters. The van der Waals surface area contributed by atoms with Crippen LogP contribution < -0.4 is 10.2 Å². The highest BCUT2D eigenvalue weighted by molar-refractivity contribution is 6.07. The molecule has 2 fully saturated rings. The van der Waals surface area contributed by atoms with Gasteiger partial charge < -0.3 is 9.69 Å². The second kappa shape index (κ2) is 8.95. The van der Waals surface area contributed by atoms with Crippen LogP contribution >= 0.6 is 0 Å². The molecule has 4 amide bonds. The molecule has 0 aromatic heterocycles. The minimum absolute atomic E-state index is 0.0815. The molecule has 9 nitrogen and oxygen atoms in total. The predicted molar refractivity (Wildman–Crippen MR) is 104 cm³/mol. The number of piperazine rings is 1. The highest BCUT2D eigenvalue weighted by atomic mass is 16.2. The van der Waals surface area contributed by atoms with Gasteiger partial charge >= 0.3 is 0 Å². The van der Waals surface area contributed by atoms with E-state index < -0.39 is 23.8 Å². The van der Waals surface area contributed by atoms with Crippen molar-refractivity contribution in [1.29, 1.82) is 0 Å². The van der Waals surface area contributed by atoms with Gasteiger partial charge in [0.15, 0.2) is 0 Å². The molecular weight excluding hydrogens is 376 g/mol. The number of aldehydes is 1. The van der Waals surface area contributed by atoms with Gasteiger partial charge in [0.05, 0.1) is 6.54 Å². The fourth-order valence-corrected chi connectivity index (χ4v) is 3.68. The average molecular weight is 400 g/mol. The van der Waals surface area contributed by atoms with Crippen LogP contribution in [0.25, 0.3) is 0 Å². The quantitative estimate of drug-likeness (QED) is 0.517. The first kappa shape index (κ1) is 20.7. The normalized spacial score (nSPS) is 20.2. The summed E-state index contributed by atoms with van der Waals surface area (Å²) in [6.45, 7) is 5.10. The molecule has 2 saturated heterocycles. The van der Waals surface area contributed by atoms with Crippen molar-refractivity contribution in [1.82, 2.24) is 15.1 Å². The molecule has 154 valence electrons. The fraction of sp³-hybridized carbons (Fsp3) is 0.450. The lowest BCUT2D eigenvalue weighted by Crippen LogP contribution is -2.54. The standard InChI is InChI=1S/C20H24N4O5/c1-14-2-3-15(23-8-6-22(7-9-23)10-11-25)12-16(14)20(29)24(13-26)17-4-5-18(27)21-19(17)28/h2-3,11-13,17H,4-10H2,1H3,(H,21,27,28). The fourth-order valence-electron chi connectivity index (χ4n) is 3.68. The van der Waals surface area contributed by atoms with Crippen molar-refractivity contribution < 1.29 is 24.0 Å². The van der Waals surface area contributed by atoms with Gasteiger partial charge in [0.1, 0.15) is 12.3 Å². The van der Waals surface area contributed by atoms with E-state index in [9.17, 15) is 24.0 Å². The number of amides is 4. The number of aryl methyl sites for hydroxylation is 1. The molecule has 2 heterocycles. The molecule has 2 aliphatic heterocycles. The van der Waals surface area contributed by atoms with Gasteiger partial charge in [-0.1, -0.05) is 6.07 Å². The number of carbonyl (C=O) groups is 5. The summed E-state index contributed by atoms with van der Waals surface area (Å²) in [4.78, 5) is 63.9. The van der Waals surface area contributed by atoms with Crippen LogP contribution in [-0.4, -0.2) is 79.0 Å². The summed E-state index contributed by atoms with van der Waals surface area (Å²) in [5, 5.41) is 2.17. The van der Waals surface area contributed by atoms with Gasteiger partial charge in [0.25, 0.3) is 5.91 Å². The Morgan fingerprint density at radius 1 is 1.21 bits per heavy atom. The minimum atomic E-state index is -0.993. The summed E-state index contributed by atoms with van der Waals surface area (Å²) in [7, 11) is 0. The van der Waals surface area contributed by atoms with Gasteiger partial charge in [0, 0.05) is 43.9 Å². The van der Waals surface area contributed by atoms with Crippen LogP contribution in [0.3, 0.4) is 0 Å². The van der Waals surface area contributed by atoms with Crippen molar-refractivity contribution in [2.75, 3.05) is 37.6 Å². The SMILES string of the molecule is Cc1ccc(N2CCN(CC=O)CC2)cc1C(=O)N(C=O)C1CCC(=O)NC1=O. The van der Waals surface area contributed by atoms with Crippen molar-refractivity contribution in [3.63, 3.8) is 0 Å². The summed E-state index contributed by atoms with van der Waals surface area (Å²) in [6, 6.07) is 4.47. The Balaban J connectivity index is 1.79. The summed E-state index contributed by atoms with van der Waals surface area (Å²) >= 11 is 0. The first-order valence-electron chi connectivity index (χ1n) is 9.58. The van der Waals surface area contributed by atoms with Gasteiger partial charge in [-0.15, -0.1) is 0 Å². The molecule has 2 aliphatic rings. The van der Waals surface area contributed by atoms with Crippen LogP contribution in [0.5, 0.6) is 0 Å². The Hall–Kier alpha value is -3.07. The van der Waals surface area contributed by atoms with Crippen LogP contribution in [0.1, 0.15) is 28.8 Å². The van der Waals surface area contributed by atoms with E-state index in [2.05, 4.69) is 15.1 Å². The van der Waals surface area contributed by atoms with Gasteiger partial charge in [-0.3, -0.25) is 34.3 Å². The van der Waals surface area contributed by atoms with Crippen molar-refractivity contribution in [3.8, 4) is 0 Å². The monoisotopic (exact) mass is 400 g/mol. The third-order valence-corrected chi connectivity index (χ3v) is 5.42. The molecule has 0 spiro atoms. The molecule has 1 aromatic carbocycles. The van der Waals surface area contributed by atoms with Crippen LogP contribution in [-0.2, 0) is 19.2 Å². The van der Waals surface area contributed by atoms with Gasteiger partial charge in [-0.2, -0.15) is 0 Å². The van der Waals surface area contributed by atoms with Crippen molar-refractivity contribution >= 4 is 36.1 Å². The van der Waals surface area contributed by atoms with Crippen LogP contribution in [0, 0.1) is 6.92 Å². The zero-order chi connectivity index (χ0) is 21.0. The van der Waals surface area contributed by atoms with E-state index in [1.165, 1.54) is 0 Å². The topological polar surface area (TPSA) is 107 Å². The number of imide groups is 2. The summed E-state index contributed by atoms with van der Waals surface area (Å²) in [5.74, 6) is -1.60. The molecule has 1 aromatic rings. The second-order valence-electron chi connectivity index (χ2n) is 7.24. The first-order valence-corrected chi connectivity index (χ1v) is 9.58. The molecule has 1 atom stereocenters. The Labute approximate surface area is 168 Å². The number of rotatable bonds is 6. The summed E-state index contributed by atoms with van der Waals surface area (Å²) in [6.07, 6.45) is 1.44. The molecule has 0 aliphatic carbocycles. The van der Waals surface area contributed by atoms with E-state index in [4.69, 9.17) is 0 Å². The third kappa shape index (κ3) is 4.51. The lowest BCUT2D eigenvalue weighted by molar-refractivity contribution is -0.139. The molecule has 29 heavy (non-hydrogen) atoms. The lowest BCUT2D eigenvalue weighted by atomic mass is 10.0. The minimum Gasteiger partial charge on any atom is -0.369 e. The van der Waals surface area contributed by atoms with Crippen molar-refractivity contribution in [2.45, 2.75) is 25.8 Å². The average Bonchev–Trinajstić information content (AvgIpc) is 2.71. The van der Waals surface area contributed by atoms with Crippen LogP contribution in [0.15, 0.2) is 18.2 Å². The van der Waals surface area contributed by atoms with Crippen molar-refractivity contribution in [2.24, 2.45) is 0 Å². The maximum Gasteiger partial charge on any atom is 0.261 e. The summed E-state index contributed by atoms with van der Waals surface area (Å²) < 4.78 is 0. The van der Waals surface area contributed by atoms with E-state index in [0.29, 0.717) is 24.1 Å². The number of hydrogen-bond acceptors (Lipinski definition) is 7. The third-order valence-electron chi connectivity index (χ3n) is 5.42. The number of anilines is 1. The van der Waals surface area contributed by atoms with Gasteiger partial charge in [0.2, 0.25) is 18.2 Å². The maximum atomic E-state index is 13.1. The zero-order valence-electron chi connectivity index (χ0n) is 16.3. The highest BCUT2D eigenvalue weighted by Crippen LogP contribution is 2.23. The number of nitrogens with zero attached hydrogens (tertiary/aromatic N) is 3. The molecule has 0 saturated carbocycles. The molecule has 3 rings (SSSR count). The van der Waals surface area contributed by atoms with E-state index >= 15 is 0 Å². The molecule has 0 radical (unpaired) electrons. The second-order valence-corrected chi connectivity index (χ2v) is 7.24. The zero-order valence-corrected chi connectivity index (χ0v) is 16.3. The van der Waals surface area contributed by atoms with Crippen molar-refractivity contribution in [3.05, 3.63) is 29.3 Å². The number of benzene rings is 1. The molecule has 9 heteroatoms. The largest absolute Gasteiger partial charge is 0.369 e. The van der Waals surface area contributed by atoms with E-state index in [1.54, 1.807) is 13.0 Å². The summed E-state index contributed by atoms with van der Waals surface area (Å²) in [5.41, 5.74) is 1.88. The lowest BCUT2D eigenvalue weighted by Gasteiger charge is -2.35. The van der Waals surface area contributed by atoms with Gasteiger partial charge in [-0.25, -0.2) is 0 Å². The maximum absolute atomic E-state index is 13.1. The van der Waals surface area contributed by atoms with E-state index in [1.807, 2.05) is 12.1 Å². The van der Waals surface area contributed by atoms with E-state index in [-0.39, 0.29) is 12.8 Å². The highest BCUT2D eigenvalue weighted by Gasteiger charge is 2.35. The predicted octanol–water partition coefficient (Wildman–Crippen LogP) is -0.280. The Morgan fingerprint density at radius 2 is 1.93 bits per heavy atom. The van der Waals surface area contributed by atoms with Crippen LogP contribution in [0.2, 0.25) is 0 Å². The molecule has 0 bridgehead atoms. The molecule has 1 N–H and O–H groups in total. The van der Waals surface area contributed by atoms with Crippen LogP contribution in [0.4, 0.5) is 5.69 Å². The number of hydrogen-bond donors (Lipinski definition) is 1. The Kier molecular flexibility index (Phi) is 6.38. The number of carbonyl (C=O) groups excluding carboxylic acids is 5. The number of nitrogens with one attached hydrogen (secondary N) is 1. The van der Waals surface area contributed by atoms with Gasteiger partial charge in [-0.05, 0) is 31.0 Å². The Bertz CT molecular complexity index is 832. The Morgan fingerprint density at radius 3 is 2.55 bits per heavy atom. The molecular formula is C20H24N4O5. The van der Waals surface area contributed by atoms with E-state index in [0.717, 1.165) is 43.1 Å². The smallest absolute Gasteiger partial charge is 0.261 e. The number of piperidine rings is 1.